The molecule has 3 heteroatoms. The molecule has 0 fully saturated rings. The first-order valence-corrected chi connectivity index (χ1v) is 4.22. The predicted octanol–water partition coefficient (Wildman–Crippen LogP) is 3.88. The zero-order chi connectivity index (χ0) is 10.8. The average Bonchev–Trinajstić information content (AvgIpc) is 2.06. The number of rotatable bonds is 1. The first-order chi connectivity index (χ1) is 6.38. The van der Waals surface area contributed by atoms with E-state index in [9.17, 15) is 13.2 Å². The molecule has 76 valence electrons. The van der Waals surface area contributed by atoms with Crippen molar-refractivity contribution >= 4 is 6.08 Å². The standard InChI is InChI=1S/C11H11F3/c1-8-3-4-10(7-9(8)2)5-6-11(12,13)14/h3-7H,1-2H3/b6-5+. The van der Waals surface area contributed by atoms with E-state index in [4.69, 9.17) is 0 Å². The van der Waals surface area contributed by atoms with E-state index in [1.54, 1.807) is 12.1 Å². The van der Waals surface area contributed by atoms with Crippen LogP contribution >= 0.6 is 0 Å². The number of benzene rings is 1. The molecule has 0 unspecified atom stereocenters. The third-order valence-electron chi connectivity index (χ3n) is 2.00. The zero-order valence-corrected chi connectivity index (χ0v) is 8.02. The molecular weight excluding hydrogens is 189 g/mol. The molecule has 0 bridgehead atoms. The SMILES string of the molecule is Cc1ccc(/C=C/C(F)(F)F)cc1C. The monoisotopic (exact) mass is 200 g/mol. The Labute approximate surface area is 81.1 Å². The summed E-state index contributed by atoms with van der Waals surface area (Å²) >= 11 is 0. The van der Waals surface area contributed by atoms with Crippen LogP contribution in [0.3, 0.4) is 0 Å². The second-order valence-corrected chi connectivity index (χ2v) is 3.22. The lowest BCUT2D eigenvalue weighted by molar-refractivity contribution is -0.0790. The Bertz CT molecular complexity index is 348. The van der Waals surface area contributed by atoms with Crippen molar-refractivity contribution in [2.75, 3.05) is 0 Å². The van der Waals surface area contributed by atoms with Crippen LogP contribution in [0.15, 0.2) is 24.3 Å². The molecule has 0 aliphatic carbocycles. The highest BCUT2D eigenvalue weighted by Gasteiger charge is 2.21. The lowest BCUT2D eigenvalue weighted by atomic mass is 10.1. The molecule has 0 amide bonds. The van der Waals surface area contributed by atoms with Gasteiger partial charge < -0.3 is 0 Å². The molecule has 0 aromatic heterocycles. The lowest BCUT2D eigenvalue weighted by Gasteiger charge is -2.01. The van der Waals surface area contributed by atoms with Gasteiger partial charge in [-0.3, -0.25) is 0 Å². The second-order valence-electron chi connectivity index (χ2n) is 3.22. The van der Waals surface area contributed by atoms with Crippen molar-refractivity contribution in [1.82, 2.24) is 0 Å². The maximum Gasteiger partial charge on any atom is 0.409 e. The minimum Gasteiger partial charge on any atom is -0.167 e. The molecule has 1 rings (SSSR count). The second kappa shape index (κ2) is 3.86. The molecule has 0 atom stereocenters. The van der Waals surface area contributed by atoms with Crippen LogP contribution in [0.25, 0.3) is 6.08 Å². The Morgan fingerprint density at radius 1 is 1.07 bits per heavy atom. The predicted molar refractivity (Wildman–Crippen MR) is 51.0 cm³/mol. The lowest BCUT2D eigenvalue weighted by Crippen LogP contribution is -2.00. The van der Waals surface area contributed by atoms with Crippen LogP contribution in [0.4, 0.5) is 13.2 Å². The van der Waals surface area contributed by atoms with E-state index in [-0.39, 0.29) is 6.08 Å². The van der Waals surface area contributed by atoms with E-state index in [2.05, 4.69) is 0 Å². The van der Waals surface area contributed by atoms with Crippen molar-refractivity contribution < 1.29 is 13.2 Å². The molecule has 1 aromatic rings. The van der Waals surface area contributed by atoms with Crippen LogP contribution in [0.1, 0.15) is 16.7 Å². The van der Waals surface area contributed by atoms with Crippen LogP contribution in [0.5, 0.6) is 0 Å². The summed E-state index contributed by atoms with van der Waals surface area (Å²) in [5.74, 6) is 0. The Hall–Kier alpha value is -1.25. The molecule has 0 radical (unpaired) electrons. The fraction of sp³-hybridized carbons (Fsp3) is 0.273. The molecule has 0 N–H and O–H groups in total. The highest BCUT2D eigenvalue weighted by molar-refractivity contribution is 5.52. The first-order valence-electron chi connectivity index (χ1n) is 4.22. The van der Waals surface area contributed by atoms with E-state index in [1.165, 1.54) is 0 Å². The van der Waals surface area contributed by atoms with Gasteiger partial charge in [-0.15, -0.1) is 0 Å². The van der Waals surface area contributed by atoms with Gasteiger partial charge in [0.2, 0.25) is 0 Å². The van der Waals surface area contributed by atoms with Crippen molar-refractivity contribution in [3.63, 3.8) is 0 Å². The highest BCUT2D eigenvalue weighted by Crippen LogP contribution is 2.19. The molecule has 0 saturated carbocycles. The van der Waals surface area contributed by atoms with Gasteiger partial charge in [-0.05, 0) is 30.5 Å². The first kappa shape index (κ1) is 10.8. The van der Waals surface area contributed by atoms with Crippen LogP contribution in [0, 0.1) is 13.8 Å². The molecule has 0 heterocycles. The fourth-order valence-electron chi connectivity index (χ4n) is 1.06. The maximum absolute atomic E-state index is 11.8. The van der Waals surface area contributed by atoms with Crippen LogP contribution in [-0.4, -0.2) is 6.18 Å². The Kier molecular flexibility index (Phi) is 2.99. The Morgan fingerprint density at radius 3 is 2.21 bits per heavy atom. The summed E-state index contributed by atoms with van der Waals surface area (Å²) in [5.41, 5.74) is 2.65. The molecule has 0 saturated heterocycles. The minimum absolute atomic E-state index is 0.247. The molecule has 0 aliphatic rings. The van der Waals surface area contributed by atoms with Crippen molar-refractivity contribution in [3.05, 3.63) is 41.0 Å². The summed E-state index contributed by atoms with van der Waals surface area (Å²) in [6.07, 6.45) is -2.91. The largest absolute Gasteiger partial charge is 0.409 e. The van der Waals surface area contributed by atoms with E-state index < -0.39 is 6.18 Å². The van der Waals surface area contributed by atoms with Gasteiger partial charge in [0, 0.05) is 6.08 Å². The summed E-state index contributed by atoms with van der Waals surface area (Å²) in [4.78, 5) is 0. The molecule has 14 heavy (non-hydrogen) atoms. The average molecular weight is 200 g/mol. The van der Waals surface area contributed by atoms with Gasteiger partial charge in [-0.25, -0.2) is 0 Å². The van der Waals surface area contributed by atoms with Crippen LogP contribution < -0.4 is 0 Å². The van der Waals surface area contributed by atoms with Gasteiger partial charge in [0.05, 0.1) is 0 Å². The van der Waals surface area contributed by atoms with Gasteiger partial charge in [-0.1, -0.05) is 24.3 Å². The minimum atomic E-state index is -4.24. The maximum atomic E-state index is 11.8. The Morgan fingerprint density at radius 2 is 1.71 bits per heavy atom. The van der Waals surface area contributed by atoms with Gasteiger partial charge in [0.25, 0.3) is 0 Å². The number of halogens is 3. The highest BCUT2D eigenvalue weighted by atomic mass is 19.4. The van der Waals surface area contributed by atoms with Crippen molar-refractivity contribution in [2.24, 2.45) is 0 Å². The van der Waals surface area contributed by atoms with E-state index in [0.29, 0.717) is 5.56 Å². The Balaban J connectivity index is 2.89. The van der Waals surface area contributed by atoms with Crippen molar-refractivity contribution in [2.45, 2.75) is 20.0 Å². The number of aryl methyl sites for hydroxylation is 2. The molecule has 0 aliphatic heterocycles. The molecule has 0 spiro atoms. The molecular formula is C11H11F3. The normalized spacial score (nSPS) is 12.4. The van der Waals surface area contributed by atoms with E-state index in [0.717, 1.165) is 17.2 Å². The van der Waals surface area contributed by atoms with Gasteiger partial charge in [0.15, 0.2) is 0 Å². The van der Waals surface area contributed by atoms with Gasteiger partial charge in [0.1, 0.15) is 0 Å². The summed E-state index contributed by atoms with van der Waals surface area (Å²) < 4.78 is 35.5. The quantitative estimate of drug-likeness (QED) is 0.645. The topological polar surface area (TPSA) is 0 Å². The number of hydrogen-bond acceptors (Lipinski definition) is 0. The fourth-order valence-corrected chi connectivity index (χ4v) is 1.06. The van der Waals surface area contributed by atoms with E-state index in [1.807, 2.05) is 19.9 Å². The van der Waals surface area contributed by atoms with Crippen LogP contribution in [-0.2, 0) is 0 Å². The summed E-state index contributed by atoms with van der Waals surface area (Å²) in [6.45, 7) is 3.80. The molecule has 0 nitrogen and oxygen atoms in total. The zero-order valence-electron chi connectivity index (χ0n) is 8.02. The van der Waals surface area contributed by atoms with Crippen LogP contribution in [0.2, 0.25) is 0 Å². The van der Waals surface area contributed by atoms with Gasteiger partial charge in [-0.2, -0.15) is 13.2 Å². The summed E-state index contributed by atoms with van der Waals surface area (Å²) in [6, 6.07) is 5.22. The number of hydrogen-bond donors (Lipinski definition) is 0. The summed E-state index contributed by atoms with van der Waals surface area (Å²) in [5, 5.41) is 0. The number of alkyl halides is 3. The summed E-state index contributed by atoms with van der Waals surface area (Å²) in [7, 11) is 0. The third-order valence-corrected chi connectivity index (χ3v) is 2.00. The van der Waals surface area contributed by atoms with Crippen molar-refractivity contribution in [1.29, 1.82) is 0 Å². The van der Waals surface area contributed by atoms with Crippen molar-refractivity contribution in [3.8, 4) is 0 Å². The van der Waals surface area contributed by atoms with E-state index >= 15 is 0 Å². The smallest absolute Gasteiger partial charge is 0.167 e. The number of allylic oxidation sites excluding steroid dienone is 1. The molecule has 1 aromatic carbocycles. The van der Waals surface area contributed by atoms with Gasteiger partial charge >= 0.3 is 6.18 Å². The third kappa shape index (κ3) is 3.24.